The summed E-state index contributed by atoms with van der Waals surface area (Å²) >= 11 is 0. The van der Waals surface area contributed by atoms with Crippen LogP contribution in [0.2, 0.25) is 6.04 Å². The molecule has 0 heterocycles. The third-order valence-electron chi connectivity index (χ3n) is 2.13. The number of hydrogen-bond acceptors (Lipinski definition) is 3. The van der Waals surface area contributed by atoms with Crippen molar-refractivity contribution in [1.29, 1.82) is 0 Å². The van der Waals surface area contributed by atoms with Crippen LogP contribution in [0.1, 0.15) is 34.1 Å². The zero-order valence-electron chi connectivity index (χ0n) is 10.4. The minimum absolute atomic E-state index is 0.168. The summed E-state index contributed by atoms with van der Waals surface area (Å²) in [7, 11) is 2.06. The molecule has 0 aliphatic carbocycles. The van der Waals surface area contributed by atoms with Crippen molar-refractivity contribution in [1.82, 2.24) is 5.32 Å². The van der Waals surface area contributed by atoms with Gasteiger partial charge in [0.05, 0.1) is 0 Å². The van der Waals surface area contributed by atoms with Crippen LogP contribution >= 0.6 is 0 Å². The maximum atomic E-state index is 5.32. The average molecular weight is 219 g/mol. The van der Waals surface area contributed by atoms with Gasteiger partial charge in [0.1, 0.15) is 0 Å². The van der Waals surface area contributed by atoms with E-state index in [1.165, 1.54) is 0 Å². The molecule has 1 N–H and O–H groups in total. The number of rotatable bonds is 6. The normalized spacial score (nSPS) is 14.8. The van der Waals surface area contributed by atoms with Gasteiger partial charge in [-0.15, -0.1) is 0 Å². The van der Waals surface area contributed by atoms with E-state index in [4.69, 9.17) is 8.85 Å². The second kappa shape index (κ2) is 6.56. The summed E-state index contributed by atoms with van der Waals surface area (Å²) in [5.74, 6) is 0. The quantitative estimate of drug-likeness (QED) is 0.689. The molecule has 0 fully saturated rings. The summed E-state index contributed by atoms with van der Waals surface area (Å²) in [6, 6.07) is 1.53. The number of nitrogens with one attached hydrogen (secondary N) is 1. The Labute approximate surface area is 90.0 Å². The molecule has 0 aromatic rings. The molecular weight excluding hydrogens is 194 g/mol. The molecule has 0 saturated carbocycles. The van der Waals surface area contributed by atoms with Gasteiger partial charge in [-0.2, -0.15) is 0 Å². The van der Waals surface area contributed by atoms with Gasteiger partial charge in [0.2, 0.25) is 0 Å². The van der Waals surface area contributed by atoms with Crippen molar-refractivity contribution in [3.8, 4) is 0 Å². The van der Waals surface area contributed by atoms with E-state index >= 15 is 0 Å². The molecule has 14 heavy (non-hydrogen) atoms. The molecule has 4 heteroatoms. The Morgan fingerprint density at radius 2 is 1.71 bits per heavy atom. The van der Waals surface area contributed by atoms with Crippen LogP contribution in [0.25, 0.3) is 0 Å². The van der Waals surface area contributed by atoms with Gasteiger partial charge in [-0.05, 0) is 27.2 Å². The van der Waals surface area contributed by atoms with Crippen molar-refractivity contribution in [3.05, 3.63) is 0 Å². The van der Waals surface area contributed by atoms with Crippen LogP contribution in [0.4, 0.5) is 0 Å². The summed E-state index contributed by atoms with van der Waals surface area (Å²) in [5, 5.41) is 3.58. The molecule has 0 aliphatic rings. The van der Waals surface area contributed by atoms with Gasteiger partial charge in [0.25, 0.3) is 0 Å². The topological polar surface area (TPSA) is 30.5 Å². The molecule has 0 bridgehead atoms. The molecule has 0 saturated heterocycles. The monoisotopic (exact) mass is 219 g/mol. The molecule has 0 aromatic heterocycles. The average Bonchev–Trinajstić information content (AvgIpc) is 2.10. The van der Waals surface area contributed by atoms with E-state index in [1.807, 2.05) is 0 Å². The molecule has 0 spiro atoms. The fourth-order valence-corrected chi connectivity index (χ4v) is 2.95. The molecule has 86 valence electrons. The van der Waals surface area contributed by atoms with E-state index in [2.05, 4.69) is 33.0 Å². The Morgan fingerprint density at radius 1 is 1.21 bits per heavy atom. The third kappa shape index (κ3) is 6.54. The maximum Gasteiger partial charge on any atom is 0.322 e. The molecule has 0 rings (SSSR count). The molecule has 0 aliphatic heterocycles. The van der Waals surface area contributed by atoms with Crippen LogP contribution in [-0.4, -0.2) is 35.1 Å². The number of hydrogen-bond donors (Lipinski definition) is 1. The van der Waals surface area contributed by atoms with Gasteiger partial charge >= 0.3 is 9.28 Å². The first-order valence-electron chi connectivity index (χ1n) is 5.26. The Morgan fingerprint density at radius 3 is 2.00 bits per heavy atom. The van der Waals surface area contributed by atoms with Crippen LogP contribution in [-0.2, 0) is 8.85 Å². The van der Waals surface area contributed by atoms with E-state index in [0.29, 0.717) is 6.04 Å². The fourth-order valence-electron chi connectivity index (χ4n) is 1.46. The summed E-state index contributed by atoms with van der Waals surface area (Å²) in [5.41, 5.74) is 0.168. The van der Waals surface area contributed by atoms with Crippen LogP contribution in [0.3, 0.4) is 0 Å². The highest BCUT2D eigenvalue weighted by molar-refractivity contribution is 6.44. The van der Waals surface area contributed by atoms with Crippen LogP contribution in [0.5, 0.6) is 0 Å². The largest absolute Gasteiger partial charge is 0.400 e. The summed E-state index contributed by atoms with van der Waals surface area (Å²) in [4.78, 5) is 0. The van der Waals surface area contributed by atoms with E-state index in [1.54, 1.807) is 14.2 Å². The SMILES string of the molecule is CCC(C[SiH](OC)OC)NC(C)(C)C. The van der Waals surface area contributed by atoms with Crippen molar-refractivity contribution in [2.24, 2.45) is 0 Å². The van der Waals surface area contributed by atoms with E-state index in [9.17, 15) is 0 Å². The van der Waals surface area contributed by atoms with Crippen LogP contribution in [0, 0.1) is 0 Å². The second-order valence-corrected chi connectivity index (χ2v) is 6.91. The van der Waals surface area contributed by atoms with Gasteiger partial charge < -0.3 is 14.2 Å². The van der Waals surface area contributed by atoms with Gasteiger partial charge in [-0.3, -0.25) is 0 Å². The Hall–Kier alpha value is 0.0969. The zero-order valence-corrected chi connectivity index (χ0v) is 11.5. The molecular formula is C10H25NO2Si. The predicted octanol–water partition coefficient (Wildman–Crippen LogP) is 1.67. The highest BCUT2D eigenvalue weighted by Crippen LogP contribution is 2.10. The van der Waals surface area contributed by atoms with Crippen molar-refractivity contribution in [2.75, 3.05) is 14.2 Å². The lowest BCUT2D eigenvalue weighted by atomic mass is 10.1. The third-order valence-corrected chi connectivity index (χ3v) is 4.14. The Bertz CT molecular complexity index is 144. The summed E-state index contributed by atoms with van der Waals surface area (Å²) in [6.07, 6.45) is 1.12. The molecule has 0 radical (unpaired) electrons. The van der Waals surface area contributed by atoms with Gasteiger partial charge in [0, 0.05) is 31.8 Å². The van der Waals surface area contributed by atoms with Crippen LogP contribution < -0.4 is 5.32 Å². The first-order chi connectivity index (χ1) is 6.42. The molecule has 0 aromatic carbocycles. The minimum atomic E-state index is -1.42. The van der Waals surface area contributed by atoms with E-state index in [0.717, 1.165) is 12.5 Å². The Kier molecular flexibility index (Phi) is 6.60. The standard InChI is InChI=1S/C10H25NO2Si/c1-7-9(11-10(2,3)4)8-14(12-5)13-6/h9,11,14H,7-8H2,1-6H3. The predicted molar refractivity (Wildman–Crippen MR) is 62.9 cm³/mol. The zero-order chi connectivity index (χ0) is 11.2. The summed E-state index contributed by atoms with van der Waals surface area (Å²) in [6.45, 7) is 8.75. The van der Waals surface area contributed by atoms with Crippen molar-refractivity contribution in [3.63, 3.8) is 0 Å². The van der Waals surface area contributed by atoms with Crippen molar-refractivity contribution < 1.29 is 8.85 Å². The first-order valence-corrected chi connectivity index (χ1v) is 7.02. The van der Waals surface area contributed by atoms with E-state index in [-0.39, 0.29) is 5.54 Å². The smallest absolute Gasteiger partial charge is 0.322 e. The second-order valence-electron chi connectivity index (χ2n) is 4.64. The first kappa shape index (κ1) is 14.1. The van der Waals surface area contributed by atoms with Crippen molar-refractivity contribution >= 4 is 9.28 Å². The Balaban J connectivity index is 4.01. The fraction of sp³-hybridized carbons (Fsp3) is 1.00. The molecule has 3 nitrogen and oxygen atoms in total. The highest BCUT2D eigenvalue weighted by Gasteiger charge is 2.21. The van der Waals surface area contributed by atoms with Crippen LogP contribution in [0.15, 0.2) is 0 Å². The lowest BCUT2D eigenvalue weighted by Crippen LogP contribution is -2.45. The minimum Gasteiger partial charge on any atom is -0.400 e. The van der Waals surface area contributed by atoms with Gasteiger partial charge in [-0.1, -0.05) is 6.92 Å². The van der Waals surface area contributed by atoms with Gasteiger partial charge in [0.15, 0.2) is 0 Å². The lowest BCUT2D eigenvalue weighted by molar-refractivity contribution is 0.264. The highest BCUT2D eigenvalue weighted by atomic mass is 28.3. The lowest BCUT2D eigenvalue weighted by Gasteiger charge is -2.29. The molecule has 1 atom stereocenters. The maximum absolute atomic E-state index is 5.32. The van der Waals surface area contributed by atoms with Gasteiger partial charge in [-0.25, -0.2) is 0 Å². The van der Waals surface area contributed by atoms with E-state index < -0.39 is 9.28 Å². The van der Waals surface area contributed by atoms with Crippen molar-refractivity contribution in [2.45, 2.75) is 51.7 Å². The molecule has 1 unspecified atom stereocenters. The molecule has 0 amide bonds. The summed E-state index contributed by atoms with van der Waals surface area (Å²) < 4.78 is 10.6.